The molecule has 2 rings (SSSR count). The topological polar surface area (TPSA) is 84.9 Å². The zero-order valence-electron chi connectivity index (χ0n) is 17.8. The van der Waals surface area contributed by atoms with Crippen molar-refractivity contribution >= 4 is 21.6 Å². The smallest absolute Gasteiger partial charge is 0.232 e. The maximum absolute atomic E-state index is 12.2. The number of anilines is 1. The van der Waals surface area contributed by atoms with E-state index in [0.29, 0.717) is 24.4 Å². The summed E-state index contributed by atoms with van der Waals surface area (Å²) >= 11 is 0. The number of ether oxygens (including phenoxy) is 2. The minimum atomic E-state index is -3.49. The highest BCUT2D eigenvalue weighted by Gasteiger charge is 2.20. The van der Waals surface area contributed by atoms with Gasteiger partial charge in [-0.1, -0.05) is 24.3 Å². The van der Waals surface area contributed by atoms with Gasteiger partial charge in [-0.05, 0) is 49.1 Å². The van der Waals surface area contributed by atoms with E-state index in [2.05, 4.69) is 5.32 Å². The summed E-state index contributed by atoms with van der Waals surface area (Å²) in [6.07, 6.45) is 3.51. The van der Waals surface area contributed by atoms with Crippen LogP contribution in [0.3, 0.4) is 0 Å². The number of hydrogen-bond acceptors (Lipinski definition) is 5. The van der Waals surface area contributed by atoms with Crippen molar-refractivity contribution in [3.8, 4) is 11.5 Å². The summed E-state index contributed by atoms with van der Waals surface area (Å²) in [5, 5.41) is 2.89. The van der Waals surface area contributed by atoms with Crippen molar-refractivity contribution in [2.45, 2.75) is 25.7 Å². The lowest BCUT2D eigenvalue weighted by Gasteiger charge is -2.24. The molecule has 0 unspecified atom stereocenters. The zero-order valence-corrected chi connectivity index (χ0v) is 18.6. The molecule has 164 valence electrons. The summed E-state index contributed by atoms with van der Waals surface area (Å²) in [5.41, 5.74) is 1.66. The highest BCUT2D eigenvalue weighted by atomic mass is 32.2. The SMILES string of the molecule is COc1ccc(CCCNC(=O)CCCN(c2ccccc2OC)S(C)(=O)=O)cc1. The Kier molecular flexibility index (Phi) is 8.98. The first-order valence-electron chi connectivity index (χ1n) is 9.85. The fraction of sp³-hybridized carbons (Fsp3) is 0.409. The van der Waals surface area contributed by atoms with Gasteiger partial charge in [0.05, 0.1) is 26.2 Å². The monoisotopic (exact) mass is 434 g/mol. The second-order valence-corrected chi connectivity index (χ2v) is 8.82. The maximum Gasteiger partial charge on any atom is 0.232 e. The molecule has 0 spiro atoms. The van der Waals surface area contributed by atoms with Crippen LogP contribution in [-0.4, -0.2) is 47.9 Å². The Balaban J connectivity index is 1.77. The second-order valence-electron chi connectivity index (χ2n) is 6.91. The Morgan fingerprint density at radius 2 is 1.70 bits per heavy atom. The molecule has 1 N–H and O–H groups in total. The maximum atomic E-state index is 12.2. The van der Waals surface area contributed by atoms with Crippen molar-refractivity contribution in [1.82, 2.24) is 5.32 Å². The first-order chi connectivity index (χ1) is 14.3. The normalized spacial score (nSPS) is 11.0. The summed E-state index contributed by atoms with van der Waals surface area (Å²) in [7, 11) is -0.359. The summed E-state index contributed by atoms with van der Waals surface area (Å²) < 4.78 is 36.1. The fourth-order valence-corrected chi connectivity index (χ4v) is 4.05. The van der Waals surface area contributed by atoms with Crippen LogP contribution in [0, 0.1) is 0 Å². The third-order valence-corrected chi connectivity index (χ3v) is 5.82. The van der Waals surface area contributed by atoms with E-state index in [1.165, 1.54) is 17.0 Å². The van der Waals surface area contributed by atoms with Crippen LogP contribution in [0.1, 0.15) is 24.8 Å². The summed E-state index contributed by atoms with van der Waals surface area (Å²) in [5.74, 6) is 1.22. The molecule has 0 saturated heterocycles. The van der Waals surface area contributed by atoms with E-state index in [-0.39, 0.29) is 18.9 Å². The van der Waals surface area contributed by atoms with E-state index in [4.69, 9.17) is 9.47 Å². The molecule has 0 bridgehead atoms. The predicted octanol–water partition coefficient (Wildman–Crippen LogP) is 3.00. The molecule has 7 nitrogen and oxygen atoms in total. The largest absolute Gasteiger partial charge is 0.497 e. The van der Waals surface area contributed by atoms with Gasteiger partial charge in [0.1, 0.15) is 11.5 Å². The van der Waals surface area contributed by atoms with E-state index in [1.54, 1.807) is 31.4 Å². The molecule has 0 aliphatic rings. The third kappa shape index (κ3) is 7.26. The van der Waals surface area contributed by atoms with Crippen molar-refractivity contribution in [2.24, 2.45) is 0 Å². The molecule has 2 aromatic rings. The zero-order chi connectivity index (χ0) is 22.0. The summed E-state index contributed by atoms with van der Waals surface area (Å²) in [6, 6.07) is 14.8. The third-order valence-electron chi connectivity index (χ3n) is 4.64. The van der Waals surface area contributed by atoms with Gasteiger partial charge in [-0.25, -0.2) is 8.42 Å². The van der Waals surface area contributed by atoms with E-state index in [0.717, 1.165) is 24.8 Å². The summed E-state index contributed by atoms with van der Waals surface area (Å²) in [4.78, 5) is 12.1. The molecular weight excluding hydrogens is 404 g/mol. The lowest BCUT2D eigenvalue weighted by molar-refractivity contribution is -0.121. The van der Waals surface area contributed by atoms with Crippen LogP contribution in [0.2, 0.25) is 0 Å². The lowest BCUT2D eigenvalue weighted by Crippen LogP contribution is -2.32. The quantitative estimate of drug-likeness (QED) is 0.519. The standard InChI is InChI=1S/C22H30N2O5S/c1-28-19-14-12-18(13-15-19)8-6-16-23-22(25)11-7-17-24(30(3,26)27)20-9-4-5-10-21(20)29-2/h4-5,9-10,12-15H,6-8,11,16-17H2,1-3H3,(H,23,25). The van der Waals surface area contributed by atoms with E-state index in [9.17, 15) is 13.2 Å². The Hall–Kier alpha value is -2.74. The molecule has 0 radical (unpaired) electrons. The van der Waals surface area contributed by atoms with Crippen molar-refractivity contribution < 1.29 is 22.7 Å². The summed E-state index contributed by atoms with van der Waals surface area (Å²) in [6.45, 7) is 0.783. The molecule has 0 fully saturated rings. The molecule has 2 aromatic carbocycles. The molecule has 0 atom stereocenters. The van der Waals surface area contributed by atoms with Crippen LogP contribution in [0.5, 0.6) is 11.5 Å². The van der Waals surface area contributed by atoms with E-state index in [1.807, 2.05) is 24.3 Å². The van der Waals surface area contributed by atoms with E-state index >= 15 is 0 Å². The van der Waals surface area contributed by atoms with Gasteiger partial charge >= 0.3 is 0 Å². The Labute approximate surface area is 179 Å². The van der Waals surface area contributed by atoms with Crippen molar-refractivity contribution in [2.75, 3.05) is 37.9 Å². The predicted molar refractivity (Wildman–Crippen MR) is 119 cm³/mol. The number of para-hydroxylation sites is 2. The number of carbonyl (C=O) groups is 1. The number of hydrogen-bond donors (Lipinski definition) is 1. The lowest BCUT2D eigenvalue weighted by atomic mass is 10.1. The van der Waals surface area contributed by atoms with Crippen LogP contribution >= 0.6 is 0 Å². The fourth-order valence-electron chi connectivity index (χ4n) is 3.08. The van der Waals surface area contributed by atoms with Crippen LogP contribution in [0.4, 0.5) is 5.69 Å². The first kappa shape index (κ1) is 23.5. The van der Waals surface area contributed by atoms with Crippen molar-refractivity contribution in [3.05, 3.63) is 54.1 Å². The number of methoxy groups -OCH3 is 2. The Morgan fingerprint density at radius 3 is 2.33 bits per heavy atom. The number of aryl methyl sites for hydroxylation is 1. The van der Waals surface area contributed by atoms with Crippen LogP contribution in [-0.2, 0) is 21.2 Å². The number of sulfonamides is 1. The number of rotatable bonds is 12. The minimum absolute atomic E-state index is 0.0850. The highest BCUT2D eigenvalue weighted by Crippen LogP contribution is 2.29. The Morgan fingerprint density at radius 1 is 1.00 bits per heavy atom. The molecule has 0 saturated carbocycles. The van der Waals surface area contributed by atoms with Crippen molar-refractivity contribution in [3.63, 3.8) is 0 Å². The second kappa shape index (κ2) is 11.4. The average molecular weight is 435 g/mol. The molecule has 0 aromatic heterocycles. The van der Waals surface area contributed by atoms with Gasteiger partial charge in [-0.2, -0.15) is 0 Å². The van der Waals surface area contributed by atoms with Gasteiger partial charge in [0.25, 0.3) is 0 Å². The molecule has 0 aliphatic carbocycles. The number of amides is 1. The van der Waals surface area contributed by atoms with Gasteiger partial charge in [0.15, 0.2) is 0 Å². The molecule has 0 heterocycles. The Bertz CT molecular complexity index is 913. The average Bonchev–Trinajstić information content (AvgIpc) is 2.74. The molecule has 30 heavy (non-hydrogen) atoms. The number of nitrogens with zero attached hydrogens (tertiary/aromatic N) is 1. The molecule has 1 amide bonds. The molecular formula is C22H30N2O5S. The van der Waals surface area contributed by atoms with E-state index < -0.39 is 10.0 Å². The molecule has 0 aliphatic heterocycles. The van der Waals surface area contributed by atoms with Crippen molar-refractivity contribution in [1.29, 1.82) is 0 Å². The van der Waals surface area contributed by atoms with Gasteiger partial charge in [0, 0.05) is 19.5 Å². The number of nitrogens with one attached hydrogen (secondary N) is 1. The van der Waals surface area contributed by atoms with Crippen LogP contribution in [0.25, 0.3) is 0 Å². The minimum Gasteiger partial charge on any atom is -0.497 e. The van der Waals surface area contributed by atoms with Gasteiger partial charge in [-0.15, -0.1) is 0 Å². The first-order valence-corrected chi connectivity index (χ1v) is 11.7. The van der Waals surface area contributed by atoms with Gasteiger partial charge in [0.2, 0.25) is 15.9 Å². The van der Waals surface area contributed by atoms with Crippen LogP contribution in [0.15, 0.2) is 48.5 Å². The number of carbonyl (C=O) groups excluding carboxylic acids is 1. The van der Waals surface area contributed by atoms with Crippen LogP contribution < -0.4 is 19.1 Å². The highest BCUT2D eigenvalue weighted by molar-refractivity contribution is 7.92. The van der Waals surface area contributed by atoms with Gasteiger partial charge < -0.3 is 14.8 Å². The van der Waals surface area contributed by atoms with Gasteiger partial charge in [-0.3, -0.25) is 9.10 Å². The molecule has 8 heteroatoms. The number of benzene rings is 2.